The van der Waals surface area contributed by atoms with Crippen LogP contribution in [-0.2, 0) is 4.79 Å². The number of nitrogens with one attached hydrogen (secondary N) is 1. The average molecular weight is 491 g/mol. The summed E-state index contributed by atoms with van der Waals surface area (Å²) in [6.45, 7) is 6.63. The molecule has 0 spiro atoms. The van der Waals surface area contributed by atoms with E-state index in [0.717, 1.165) is 12.0 Å². The molecule has 36 heavy (non-hydrogen) atoms. The molecule has 0 unspecified atom stereocenters. The fourth-order valence-corrected chi connectivity index (χ4v) is 3.09. The SMILES string of the molecule is CCCOc1ccc(C(=O)Oc2ccc(/C=N/NC(=O)COc3cccc(C)c3)cc2OCC)cc1. The number of hydrogen-bond acceptors (Lipinski definition) is 7. The minimum Gasteiger partial charge on any atom is -0.494 e. The third kappa shape index (κ3) is 8.16. The zero-order chi connectivity index (χ0) is 25.8. The maximum Gasteiger partial charge on any atom is 0.343 e. The van der Waals surface area contributed by atoms with Crippen LogP contribution in [0.3, 0.4) is 0 Å². The first-order valence-electron chi connectivity index (χ1n) is 11.7. The summed E-state index contributed by atoms with van der Waals surface area (Å²) in [4.78, 5) is 24.6. The Bertz CT molecular complexity index is 1190. The van der Waals surface area contributed by atoms with Crippen molar-refractivity contribution in [2.45, 2.75) is 27.2 Å². The van der Waals surface area contributed by atoms with Crippen molar-refractivity contribution in [1.29, 1.82) is 0 Å². The van der Waals surface area contributed by atoms with Gasteiger partial charge in [-0.1, -0.05) is 19.1 Å². The van der Waals surface area contributed by atoms with Crippen LogP contribution in [0.15, 0.2) is 71.8 Å². The molecular weight excluding hydrogens is 460 g/mol. The molecule has 0 aliphatic rings. The van der Waals surface area contributed by atoms with Gasteiger partial charge < -0.3 is 18.9 Å². The monoisotopic (exact) mass is 490 g/mol. The number of carbonyl (C=O) groups is 2. The molecule has 3 aromatic rings. The van der Waals surface area contributed by atoms with Gasteiger partial charge in [-0.25, -0.2) is 10.2 Å². The minimum absolute atomic E-state index is 0.161. The second kappa shape index (κ2) is 13.5. The van der Waals surface area contributed by atoms with Gasteiger partial charge in [-0.2, -0.15) is 5.10 Å². The molecule has 0 atom stereocenters. The third-order valence-corrected chi connectivity index (χ3v) is 4.80. The Morgan fingerprint density at radius 3 is 2.42 bits per heavy atom. The molecule has 0 saturated carbocycles. The Hall–Kier alpha value is -4.33. The third-order valence-electron chi connectivity index (χ3n) is 4.80. The Labute approximate surface area is 210 Å². The van der Waals surface area contributed by atoms with Crippen molar-refractivity contribution >= 4 is 18.1 Å². The van der Waals surface area contributed by atoms with E-state index in [1.54, 1.807) is 48.5 Å². The number of hydrogen-bond donors (Lipinski definition) is 1. The van der Waals surface area contributed by atoms with Crippen LogP contribution in [0.25, 0.3) is 0 Å². The van der Waals surface area contributed by atoms with Gasteiger partial charge in [0.05, 0.1) is 25.0 Å². The van der Waals surface area contributed by atoms with Gasteiger partial charge >= 0.3 is 5.97 Å². The number of hydrazone groups is 1. The molecule has 3 rings (SSSR count). The minimum atomic E-state index is -0.514. The van der Waals surface area contributed by atoms with E-state index in [1.807, 2.05) is 39.0 Å². The quantitative estimate of drug-likeness (QED) is 0.167. The topological polar surface area (TPSA) is 95.5 Å². The molecule has 0 fully saturated rings. The van der Waals surface area contributed by atoms with Crippen molar-refractivity contribution in [2.24, 2.45) is 5.10 Å². The van der Waals surface area contributed by atoms with Gasteiger partial charge in [-0.15, -0.1) is 0 Å². The average Bonchev–Trinajstić information content (AvgIpc) is 2.88. The lowest BCUT2D eigenvalue weighted by Crippen LogP contribution is -2.24. The number of ether oxygens (including phenoxy) is 4. The van der Waals surface area contributed by atoms with E-state index >= 15 is 0 Å². The van der Waals surface area contributed by atoms with E-state index in [0.29, 0.717) is 41.6 Å². The Morgan fingerprint density at radius 1 is 0.889 bits per heavy atom. The Morgan fingerprint density at radius 2 is 1.69 bits per heavy atom. The van der Waals surface area contributed by atoms with Gasteiger partial charge in [0.1, 0.15) is 11.5 Å². The molecular formula is C28H30N2O6. The summed E-state index contributed by atoms with van der Waals surface area (Å²) in [6.07, 6.45) is 2.37. The number of carbonyl (C=O) groups excluding carboxylic acids is 2. The lowest BCUT2D eigenvalue weighted by Gasteiger charge is -2.12. The molecule has 0 aromatic heterocycles. The van der Waals surface area contributed by atoms with Crippen LogP contribution in [0.1, 0.15) is 41.8 Å². The molecule has 0 aliphatic heterocycles. The Balaban J connectivity index is 1.58. The normalized spacial score (nSPS) is 10.6. The van der Waals surface area contributed by atoms with Gasteiger partial charge in [0, 0.05) is 0 Å². The first-order chi connectivity index (χ1) is 17.5. The number of benzene rings is 3. The fourth-order valence-electron chi connectivity index (χ4n) is 3.09. The highest BCUT2D eigenvalue weighted by molar-refractivity contribution is 5.92. The van der Waals surface area contributed by atoms with Crippen LogP contribution < -0.4 is 24.4 Å². The summed E-state index contributed by atoms with van der Waals surface area (Å²) in [7, 11) is 0. The summed E-state index contributed by atoms with van der Waals surface area (Å²) in [6, 6.07) is 19.2. The van der Waals surface area contributed by atoms with Crippen LogP contribution >= 0.6 is 0 Å². The molecule has 1 N–H and O–H groups in total. The second-order valence-electron chi connectivity index (χ2n) is 7.80. The molecule has 188 valence electrons. The van der Waals surface area contributed by atoms with Crippen molar-refractivity contribution in [3.8, 4) is 23.0 Å². The number of esters is 1. The van der Waals surface area contributed by atoms with Crippen LogP contribution in [0.2, 0.25) is 0 Å². The second-order valence-corrected chi connectivity index (χ2v) is 7.80. The lowest BCUT2D eigenvalue weighted by molar-refractivity contribution is -0.123. The zero-order valence-corrected chi connectivity index (χ0v) is 20.7. The van der Waals surface area contributed by atoms with E-state index in [9.17, 15) is 9.59 Å². The molecule has 0 heterocycles. The number of nitrogens with zero attached hydrogens (tertiary/aromatic N) is 1. The zero-order valence-electron chi connectivity index (χ0n) is 20.7. The number of amides is 1. The van der Waals surface area contributed by atoms with Crippen LogP contribution in [0, 0.1) is 6.92 Å². The smallest absolute Gasteiger partial charge is 0.343 e. The van der Waals surface area contributed by atoms with Gasteiger partial charge in [0.2, 0.25) is 0 Å². The largest absolute Gasteiger partial charge is 0.494 e. The molecule has 0 aliphatic carbocycles. The summed E-state index contributed by atoms with van der Waals surface area (Å²) in [5, 5.41) is 3.96. The summed E-state index contributed by atoms with van der Waals surface area (Å²) in [5.74, 6) is 1.06. The van der Waals surface area contributed by atoms with E-state index in [4.69, 9.17) is 18.9 Å². The number of rotatable bonds is 12. The standard InChI is InChI=1S/C28H30N2O6/c1-4-15-34-23-12-10-22(11-13-23)28(32)36-25-14-9-21(17-26(25)33-5-2)18-29-30-27(31)19-35-24-8-6-7-20(3)16-24/h6-14,16-18H,4-5,15,19H2,1-3H3,(H,30,31)/b29-18+. The Kier molecular flexibility index (Phi) is 9.88. The lowest BCUT2D eigenvalue weighted by atomic mass is 10.2. The van der Waals surface area contributed by atoms with Crippen molar-refractivity contribution in [3.63, 3.8) is 0 Å². The first-order valence-corrected chi connectivity index (χ1v) is 11.7. The summed E-state index contributed by atoms with van der Waals surface area (Å²) < 4.78 is 22.2. The van der Waals surface area contributed by atoms with Gasteiger partial charge in [-0.05, 0) is 86.0 Å². The highest BCUT2D eigenvalue weighted by atomic mass is 16.6. The maximum absolute atomic E-state index is 12.6. The fraction of sp³-hybridized carbons (Fsp3) is 0.250. The highest BCUT2D eigenvalue weighted by Crippen LogP contribution is 2.29. The maximum atomic E-state index is 12.6. The van der Waals surface area contributed by atoms with Crippen LogP contribution in [-0.4, -0.2) is 37.9 Å². The summed E-state index contributed by atoms with van der Waals surface area (Å²) >= 11 is 0. The molecule has 1 amide bonds. The van der Waals surface area contributed by atoms with E-state index in [2.05, 4.69) is 10.5 Å². The molecule has 8 nitrogen and oxygen atoms in total. The van der Waals surface area contributed by atoms with E-state index < -0.39 is 11.9 Å². The van der Waals surface area contributed by atoms with Crippen LogP contribution in [0.4, 0.5) is 0 Å². The van der Waals surface area contributed by atoms with Crippen molar-refractivity contribution in [1.82, 2.24) is 5.43 Å². The molecule has 0 radical (unpaired) electrons. The summed E-state index contributed by atoms with van der Waals surface area (Å²) in [5.41, 5.74) is 4.50. The van der Waals surface area contributed by atoms with E-state index in [1.165, 1.54) is 6.21 Å². The molecule has 8 heteroatoms. The first kappa shape index (κ1) is 26.3. The molecule has 0 saturated heterocycles. The predicted molar refractivity (Wildman–Crippen MR) is 137 cm³/mol. The van der Waals surface area contributed by atoms with E-state index in [-0.39, 0.29) is 12.4 Å². The predicted octanol–water partition coefficient (Wildman–Crippen LogP) is 4.93. The van der Waals surface area contributed by atoms with Crippen LogP contribution in [0.5, 0.6) is 23.0 Å². The van der Waals surface area contributed by atoms with Gasteiger partial charge in [0.15, 0.2) is 18.1 Å². The molecule has 0 bridgehead atoms. The number of aryl methyl sites for hydroxylation is 1. The van der Waals surface area contributed by atoms with Crippen molar-refractivity contribution in [2.75, 3.05) is 19.8 Å². The molecule has 3 aromatic carbocycles. The van der Waals surface area contributed by atoms with Crippen molar-refractivity contribution in [3.05, 3.63) is 83.4 Å². The van der Waals surface area contributed by atoms with Crippen molar-refractivity contribution < 1.29 is 28.5 Å². The van der Waals surface area contributed by atoms with Gasteiger partial charge in [0.25, 0.3) is 5.91 Å². The van der Waals surface area contributed by atoms with Gasteiger partial charge in [-0.3, -0.25) is 4.79 Å². The highest BCUT2D eigenvalue weighted by Gasteiger charge is 2.13.